The van der Waals surface area contributed by atoms with Crippen molar-refractivity contribution in [2.24, 2.45) is 9.98 Å². The Hall–Kier alpha value is -4.22. The van der Waals surface area contributed by atoms with Crippen molar-refractivity contribution >= 4 is 58.6 Å². The van der Waals surface area contributed by atoms with Gasteiger partial charge in [-0.2, -0.15) is 0 Å². The van der Waals surface area contributed by atoms with Crippen molar-refractivity contribution in [2.75, 3.05) is 12.3 Å². The number of aliphatic imine (C=N–C) groups is 2. The van der Waals surface area contributed by atoms with Crippen LogP contribution in [0.5, 0.6) is 0 Å². The molecular formula is C33H42BrF2N11O6S2. The number of hydrogen-bond donors (Lipinski definition) is 7. The molecule has 0 bridgehead atoms. The van der Waals surface area contributed by atoms with Crippen LogP contribution < -0.4 is 15.7 Å². The molecule has 22 heteroatoms. The molecule has 298 valence electrons. The van der Waals surface area contributed by atoms with E-state index >= 15 is 0 Å². The predicted molar refractivity (Wildman–Crippen MR) is 203 cm³/mol. The number of hydrogen-bond acceptors (Lipinski definition) is 14. The number of nitrogens with zero attached hydrogens (tertiary/aromatic N) is 6. The highest BCUT2D eigenvalue weighted by atomic mass is 79.9. The fourth-order valence-electron chi connectivity index (χ4n) is 5.27. The lowest BCUT2D eigenvalue weighted by molar-refractivity contribution is 0.233. The molecule has 2 aliphatic carbocycles. The van der Waals surface area contributed by atoms with E-state index in [1.165, 1.54) is 30.3 Å². The van der Waals surface area contributed by atoms with E-state index in [9.17, 15) is 27.6 Å². The SMILES string of the molecule is Cc1cc(N=C(NO)c2nonc2CCCCCS(=N)(=O)C2CC2)ccc1F.N=S(=O)(NCCCc1nonc1C(=Nc1ccc(F)c(Br)c1)NO)C1CC1. The number of nitrogens with one attached hydrogen (secondary N) is 5. The molecule has 0 saturated heterocycles. The first-order valence-electron chi connectivity index (χ1n) is 17.4. The molecular weight excluding hydrogens is 828 g/mol. The highest BCUT2D eigenvalue weighted by molar-refractivity contribution is 9.10. The summed E-state index contributed by atoms with van der Waals surface area (Å²) in [6, 6.07) is 8.48. The van der Waals surface area contributed by atoms with Crippen LogP contribution in [0.1, 0.15) is 79.7 Å². The van der Waals surface area contributed by atoms with Crippen LogP contribution in [-0.4, -0.2) is 73.9 Å². The van der Waals surface area contributed by atoms with Gasteiger partial charge in [0.15, 0.2) is 23.1 Å². The summed E-state index contributed by atoms with van der Waals surface area (Å²) in [6.45, 7) is 2.01. The molecule has 2 saturated carbocycles. The molecule has 6 rings (SSSR count). The summed E-state index contributed by atoms with van der Waals surface area (Å²) in [6.07, 6.45) is 7.30. The van der Waals surface area contributed by atoms with Crippen LogP contribution in [-0.2, 0) is 32.5 Å². The summed E-state index contributed by atoms with van der Waals surface area (Å²) in [5.74, 6) is -0.262. The Morgan fingerprint density at radius 1 is 0.818 bits per heavy atom. The maximum atomic E-state index is 13.4. The molecule has 2 aromatic heterocycles. The lowest BCUT2D eigenvalue weighted by Gasteiger charge is -2.07. The van der Waals surface area contributed by atoms with Crippen molar-refractivity contribution in [3.8, 4) is 0 Å². The van der Waals surface area contributed by atoms with Crippen molar-refractivity contribution in [1.29, 1.82) is 9.56 Å². The third-order valence-electron chi connectivity index (χ3n) is 8.62. The van der Waals surface area contributed by atoms with E-state index in [1.807, 2.05) is 11.0 Å². The minimum Gasteiger partial charge on any atom is -0.290 e. The average Bonchev–Trinajstić information content (AvgIpc) is 4.10. The Labute approximate surface area is 324 Å². The summed E-state index contributed by atoms with van der Waals surface area (Å²) >= 11 is 3.07. The van der Waals surface area contributed by atoms with Gasteiger partial charge in [-0.05, 0) is 133 Å². The second-order valence-corrected chi connectivity index (χ2v) is 18.6. The first-order valence-corrected chi connectivity index (χ1v) is 21.6. The molecule has 2 unspecified atom stereocenters. The fourth-order valence-corrected chi connectivity index (χ4v) is 8.99. The van der Waals surface area contributed by atoms with Crippen molar-refractivity contribution < 1.29 is 36.9 Å². The average molecular weight is 871 g/mol. The smallest absolute Gasteiger partial charge is 0.181 e. The van der Waals surface area contributed by atoms with Gasteiger partial charge < -0.3 is 0 Å². The molecule has 0 spiro atoms. The van der Waals surface area contributed by atoms with Gasteiger partial charge in [0.2, 0.25) is 0 Å². The summed E-state index contributed by atoms with van der Waals surface area (Å²) in [7, 11) is -5.15. The van der Waals surface area contributed by atoms with E-state index in [2.05, 4.69) is 51.3 Å². The quantitative estimate of drug-likeness (QED) is 0.0272. The van der Waals surface area contributed by atoms with Gasteiger partial charge in [-0.3, -0.25) is 26.2 Å². The van der Waals surface area contributed by atoms with Crippen LogP contribution >= 0.6 is 15.9 Å². The van der Waals surface area contributed by atoms with Crippen LogP contribution in [0.2, 0.25) is 0 Å². The van der Waals surface area contributed by atoms with Crippen LogP contribution in [0.25, 0.3) is 0 Å². The molecule has 0 radical (unpaired) electrons. The number of benzene rings is 2. The molecule has 4 aromatic rings. The van der Waals surface area contributed by atoms with Crippen molar-refractivity contribution in [3.05, 3.63) is 80.8 Å². The van der Waals surface area contributed by atoms with Crippen molar-refractivity contribution in [1.82, 2.24) is 36.3 Å². The van der Waals surface area contributed by atoms with Gasteiger partial charge in [-0.1, -0.05) is 16.7 Å². The first kappa shape index (κ1) is 41.9. The summed E-state index contributed by atoms with van der Waals surface area (Å²) in [5.41, 5.74) is 6.71. The molecule has 2 aliphatic rings. The number of unbranched alkanes of at least 4 members (excludes halogenated alkanes) is 2. The maximum Gasteiger partial charge on any atom is 0.181 e. The fraction of sp³-hybridized carbons (Fsp3) is 0.455. The van der Waals surface area contributed by atoms with Gasteiger partial charge in [0.25, 0.3) is 0 Å². The molecule has 2 heterocycles. The van der Waals surface area contributed by atoms with Gasteiger partial charge in [0, 0.05) is 27.3 Å². The highest BCUT2D eigenvalue weighted by Gasteiger charge is 2.32. The van der Waals surface area contributed by atoms with E-state index < -0.39 is 25.5 Å². The molecule has 0 amide bonds. The zero-order chi connectivity index (χ0) is 39.6. The third-order valence-corrected chi connectivity index (χ3v) is 13.7. The van der Waals surface area contributed by atoms with Crippen LogP contribution in [0, 0.1) is 28.1 Å². The first-order chi connectivity index (χ1) is 26.3. The van der Waals surface area contributed by atoms with Gasteiger partial charge in [-0.25, -0.2) is 45.9 Å². The minimum atomic E-state index is -2.73. The monoisotopic (exact) mass is 869 g/mol. The number of aryl methyl sites for hydroxylation is 3. The molecule has 17 nitrogen and oxygen atoms in total. The van der Waals surface area contributed by atoms with E-state index in [1.54, 1.807) is 13.0 Å². The number of hydroxylamine groups is 2. The topological polar surface area (TPSA) is 261 Å². The molecule has 2 fully saturated rings. The van der Waals surface area contributed by atoms with E-state index in [0.717, 1.165) is 44.9 Å². The number of halogens is 3. The van der Waals surface area contributed by atoms with Crippen molar-refractivity contribution in [3.63, 3.8) is 0 Å². The third kappa shape index (κ3) is 12.1. The summed E-state index contributed by atoms with van der Waals surface area (Å²) in [5, 5.41) is 34.1. The van der Waals surface area contributed by atoms with Crippen LogP contribution in [0.15, 0.2) is 60.1 Å². The highest BCUT2D eigenvalue weighted by Crippen LogP contribution is 2.30. The molecule has 7 N–H and O–H groups in total. The molecule has 0 aliphatic heterocycles. The number of amidine groups is 2. The molecule has 2 aromatic carbocycles. The van der Waals surface area contributed by atoms with Gasteiger partial charge in [0.1, 0.15) is 32.9 Å². The zero-order valence-electron chi connectivity index (χ0n) is 29.8. The van der Waals surface area contributed by atoms with Crippen molar-refractivity contribution in [2.45, 2.75) is 81.6 Å². The summed E-state index contributed by atoms with van der Waals surface area (Å²) < 4.78 is 79.0. The Bertz CT molecular complexity index is 2210. The Morgan fingerprint density at radius 2 is 1.36 bits per heavy atom. The number of rotatable bonds is 17. The number of aromatic nitrogens is 4. The van der Waals surface area contributed by atoms with E-state index in [4.69, 9.17) is 18.8 Å². The Balaban J connectivity index is 0.000000211. The second-order valence-electron chi connectivity index (χ2n) is 13.0. The molecule has 2 atom stereocenters. The van der Waals surface area contributed by atoms with E-state index in [0.29, 0.717) is 59.9 Å². The second kappa shape index (κ2) is 19.1. The minimum absolute atomic E-state index is 0.0000130. The molecule has 55 heavy (non-hydrogen) atoms. The standard InChI is InChI=1S/C18H24FN5O3S.C15H18BrFN6O3S/c1-12-11-13(6-9-15(12)19)21-18(22-25)17-16(23-27-24-17)5-3-2-4-10-28(20,26)14-7-8-14;16-11-8-9(3-6-12(11)17)20-15(21-24)14-13(22-26-23-14)2-1-7-19-27(18,25)10-4-5-10/h6,9,11,14,20,25H,2-5,7-8,10H2,1H3,(H,21,22);3,6,8,10,24H,1-2,4-5,7H2,(H,20,21)(H2,18,19,25). The summed E-state index contributed by atoms with van der Waals surface area (Å²) in [4.78, 5) is 8.43. The van der Waals surface area contributed by atoms with E-state index in [-0.39, 0.29) is 43.8 Å². The normalized spacial score (nSPS) is 16.8. The zero-order valence-corrected chi connectivity index (χ0v) is 33.0. The van der Waals surface area contributed by atoms with Gasteiger partial charge >= 0.3 is 0 Å². The Morgan fingerprint density at radius 3 is 1.89 bits per heavy atom. The largest absolute Gasteiger partial charge is 0.290 e. The van der Waals surface area contributed by atoms with Gasteiger partial charge in [0.05, 0.1) is 21.1 Å². The Kier molecular flexibility index (Phi) is 14.6. The van der Waals surface area contributed by atoms with Crippen LogP contribution in [0.3, 0.4) is 0 Å². The predicted octanol–water partition coefficient (Wildman–Crippen LogP) is 6.17. The lowest BCUT2D eigenvalue weighted by Crippen LogP contribution is -2.27. The van der Waals surface area contributed by atoms with Gasteiger partial charge in [-0.15, -0.1) is 0 Å². The lowest BCUT2D eigenvalue weighted by atomic mass is 10.1. The maximum absolute atomic E-state index is 13.4. The van der Waals surface area contributed by atoms with Crippen LogP contribution in [0.4, 0.5) is 20.2 Å².